The van der Waals surface area contributed by atoms with E-state index in [9.17, 15) is 22.8 Å². The molecule has 8 heteroatoms. The minimum absolute atomic E-state index is 0.111. The van der Waals surface area contributed by atoms with Crippen molar-refractivity contribution in [2.45, 2.75) is 130 Å². The van der Waals surface area contributed by atoms with Gasteiger partial charge in [-0.2, -0.15) is 13.2 Å². The number of hydrogen-bond acceptors (Lipinski definition) is 4. The second-order valence-electron chi connectivity index (χ2n) is 11.5. The van der Waals surface area contributed by atoms with E-state index in [-0.39, 0.29) is 12.5 Å². The number of nitrogens with zero attached hydrogens (tertiary/aromatic N) is 1. The van der Waals surface area contributed by atoms with Gasteiger partial charge in [0, 0.05) is 32.1 Å². The van der Waals surface area contributed by atoms with Gasteiger partial charge in [0.05, 0.1) is 5.56 Å². The molecule has 43 heavy (non-hydrogen) atoms. The number of amides is 1. The van der Waals surface area contributed by atoms with Crippen LogP contribution in [-0.4, -0.2) is 29.5 Å². The minimum Gasteiger partial charge on any atom is -0.447 e. The van der Waals surface area contributed by atoms with E-state index in [1.165, 1.54) is 89.7 Å². The molecule has 0 fully saturated rings. The number of esters is 1. The van der Waals surface area contributed by atoms with Crippen molar-refractivity contribution in [1.82, 2.24) is 10.2 Å². The van der Waals surface area contributed by atoms with Crippen LogP contribution in [0, 0.1) is 0 Å². The Morgan fingerprint density at radius 1 is 0.744 bits per heavy atom. The molecule has 5 nitrogen and oxygen atoms in total. The van der Waals surface area contributed by atoms with Crippen LogP contribution in [0.3, 0.4) is 0 Å². The smallest absolute Gasteiger partial charge is 0.416 e. The van der Waals surface area contributed by atoms with Crippen molar-refractivity contribution in [3.05, 3.63) is 70.8 Å². The molecule has 0 aliphatic heterocycles. The number of rotatable bonds is 21. The van der Waals surface area contributed by atoms with E-state index < -0.39 is 23.9 Å². The number of benzene rings is 2. The van der Waals surface area contributed by atoms with Gasteiger partial charge in [0.2, 0.25) is 0 Å². The summed E-state index contributed by atoms with van der Waals surface area (Å²) in [5.41, 5.74) is 1.41. The second-order valence-corrected chi connectivity index (χ2v) is 11.5. The molecule has 1 unspecified atom stereocenters. The molecule has 2 aromatic carbocycles. The molecule has 1 atom stereocenters. The van der Waals surface area contributed by atoms with E-state index in [0.717, 1.165) is 30.5 Å². The molecule has 240 valence electrons. The van der Waals surface area contributed by atoms with Crippen LogP contribution in [0.2, 0.25) is 0 Å². The molecule has 0 aromatic heterocycles. The average Bonchev–Trinajstić information content (AvgIpc) is 2.96. The van der Waals surface area contributed by atoms with Gasteiger partial charge < -0.3 is 10.1 Å². The van der Waals surface area contributed by atoms with E-state index in [1.807, 2.05) is 17.0 Å². The Kier molecular flexibility index (Phi) is 17.0. The standard InChI is InChI=1S/C35H51F3N2O3/c1-4-5-6-7-8-9-10-11-12-13-14-15-16-25-39-34(42)32-21-17-30(18-22-32)26-40(28(2)43-29(3)41)27-31-19-23-33(24-20-31)35(36,37)38/h17-24,28H,4-16,25-27H2,1-3H3,(H,39,42). The maximum atomic E-state index is 12.9. The molecule has 0 spiro atoms. The average molecular weight is 605 g/mol. The van der Waals surface area contributed by atoms with Crippen molar-refractivity contribution in [2.75, 3.05) is 6.54 Å². The lowest BCUT2D eigenvalue weighted by Gasteiger charge is -2.28. The number of carbonyl (C=O) groups is 2. The molecule has 1 amide bonds. The lowest BCUT2D eigenvalue weighted by molar-refractivity contribution is -0.156. The highest BCUT2D eigenvalue weighted by Crippen LogP contribution is 2.29. The first-order valence-electron chi connectivity index (χ1n) is 16.0. The van der Waals surface area contributed by atoms with Crippen LogP contribution in [-0.2, 0) is 28.8 Å². The van der Waals surface area contributed by atoms with Gasteiger partial charge in [-0.25, -0.2) is 0 Å². The molecule has 1 N–H and O–H groups in total. The first-order chi connectivity index (χ1) is 20.6. The zero-order valence-electron chi connectivity index (χ0n) is 26.3. The number of halogens is 3. The van der Waals surface area contributed by atoms with Gasteiger partial charge in [0.1, 0.15) is 0 Å². The fourth-order valence-electron chi connectivity index (χ4n) is 5.10. The highest BCUT2D eigenvalue weighted by molar-refractivity contribution is 5.94. The monoisotopic (exact) mass is 604 g/mol. The third-order valence-corrected chi connectivity index (χ3v) is 7.69. The van der Waals surface area contributed by atoms with Crippen molar-refractivity contribution < 1.29 is 27.5 Å². The van der Waals surface area contributed by atoms with Crippen LogP contribution in [0.4, 0.5) is 13.2 Å². The van der Waals surface area contributed by atoms with Crippen LogP contribution in [0.25, 0.3) is 0 Å². The quantitative estimate of drug-likeness (QED) is 0.0876. The molecule has 0 radical (unpaired) electrons. The summed E-state index contributed by atoms with van der Waals surface area (Å²) in [7, 11) is 0. The third kappa shape index (κ3) is 15.4. The van der Waals surface area contributed by atoms with E-state index in [4.69, 9.17) is 4.74 Å². The van der Waals surface area contributed by atoms with Gasteiger partial charge in [-0.05, 0) is 48.7 Å². The lowest BCUT2D eigenvalue weighted by Crippen LogP contribution is -2.35. The Morgan fingerprint density at radius 3 is 1.63 bits per heavy atom. The maximum absolute atomic E-state index is 12.9. The summed E-state index contributed by atoms with van der Waals surface area (Å²) in [6.07, 6.45) is 11.7. The number of carbonyl (C=O) groups excluding carboxylic acids is 2. The van der Waals surface area contributed by atoms with Gasteiger partial charge in [-0.1, -0.05) is 108 Å². The Balaban J connectivity index is 1.73. The van der Waals surface area contributed by atoms with E-state index >= 15 is 0 Å². The highest BCUT2D eigenvalue weighted by Gasteiger charge is 2.30. The first kappa shape index (κ1) is 36.3. The predicted octanol–water partition coefficient (Wildman–Crippen LogP) is 9.44. The predicted molar refractivity (Wildman–Crippen MR) is 166 cm³/mol. The van der Waals surface area contributed by atoms with Crippen molar-refractivity contribution in [3.63, 3.8) is 0 Å². The van der Waals surface area contributed by atoms with Crippen LogP contribution in [0.5, 0.6) is 0 Å². The Bertz CT molecular complexity index is 1060. The van der Waals surface area contributed by atoms with Gasteiger partial charge in [0.15, 0.2) is 6.23 Å². The molecular weight excluding hydrogens is 553 g/mol. The minimum atomic E-state index is -4.40. The largest absolute Gasteiger partial charge is 0.447 e. The van der Waals surface area contributed by atoms with Crippen LogP contribution >= 0.6 is 0 Å². The molecular formula is C35H51F3N2O3. The Morgan fingerprint density at radius 2 is 1.19 bits per heavy atom. The molecule has 0 aliphatic rings. The fourth-order valence-corrected chi connectivity index (χ4v) is 5.10. The summed E-state index contributed by atoms with van der Waals surface area (Å²) in [5.74, 6) is -0.555. The maximum Gasteiger partial charge on any atom is 0.416 e. The zero-order chi connectivity index (χ0) is 31.5. The molecule has 0 heterocycles. The number of nitrogens with one attached hydrogen (secondary N) is 1. The molecule has 0 saturated carbocycles. The first-order valence-corrected chi connectivity index (χ1v) is 16.0. The van der Waals surface area contributed by atoms with Crippen LogP contribution in [0.15, 0.2) is 48.5 Å². The van der Waals surface area contributed by atoms with Crippen LogP contribution in [0.1, 0.15) is 131 Å². The second kappa shape index (κ2) is 20.2. The lowest BCUT2D eigenvalue weighted by atomic mass is 10.0. The van der Waals surface area contributed by atoms with Gasteiger partial charge in [-0.15, -0.1) is 0 Å². The normalized spacial score (nSPS) is 12.3. The summed E-state index contributed by atoms with van der Waals surface area (Å²) in [4.78, 5) is 26.0. The number of ether oxygens (including phenoxy) is 1. The fraction of sp³-hybridized carbons (Fsp3) is 0.600. The number of alkyl halides is 3. The topological polar surface area (TPSA) is 58.6 Å². The molecule has 2 rings (SSSR count). The molecule has 0 bridgehead atoms. The summed E-state index contributed by atoms with van der Waals surface area (Å²) < 4.78 is 44.2. The van der Waals surface area contributed by atoms with Gasteiger partial charge >= 0.3 is 12.1 Å². The number of unbranched alkanes of at least 4 members (excludes halogenated alkanes) is 12. The zero-order valence-corrected chi connectivity index (χ0v) is 26.3. The summed E-state index contributed by atoms with van der Waals surface area (Å²) in [6.45, 7) is 6.62. The van der Waals surface area contributed by atoms with Gasteiger partial charge in [0.25, 0.3) is 5.91 Å². The summed E-state index contributed by atoms with van der Waals surface area (Å²) in [5, 5.41) is 3.00. The van der Waals surface area contributed by atoms with Crippen molar-refractivity contribution >= 4 is 11.9 Å². The van der Waals surface area contributed by atoms with Crippen LogP contribution < -0.4 is 5.32 Å². The SMILES string of the molecule is CCCCCCCCCCCCCCCNC(=O)c1ccc(CN(Cc2ccc(C(F)(F)F)cc2)C(C)OC(C)=O)cc1. The summed E-state index contributed by atoms with van der Waals surface area (Å²) >= 11 is 0. The molecule has 0 saturated heterocycles. The van der Waals surface area contributed by atoms with E-state index in [1.54, 1.807) is 19.1 Å². The highest BCUT2D eigenvalue weighted by atomic mass is 19.4. The van der Waals surface area contributed by atoms with Crippen molar-refractivity contribution in [3.8, 4) is 0 Å². The van der Waals surface area contributed by atoms with Gasteiger partial charge in [-0.3, -0.25) is 14.5 Å². The van der Waals surface area contributed by atoms with E-state index in [2.05, 4.69) is 12.2 Å². The molecule has 2 aromatic rings. The third-order valence-electron chi connectivity index (χ3n) is 7.69. The molecule has 0 aliphatic carbocycles. The number of hydrogen-bond donors (Lipinski definition) is 1. The Hall–Kier alpha value is -2.87. The van der Waals surface area contributed by atoms with E-state index in [0.29, 0.717) is 24.2 Å². The van der Waals surface area contributed by atoms with Crippen molar-refractivity contribution in [2.24, 2.45) is 0 Å². The Labute approximate surface area is 256 Å². The van der Waals surface area contributed by atoms with Crippen molar-refractivity contribution in [1.29, 1.82) is 0 Å². The summed E-state index contributed by atoms with van der Waals surface area (Å²) in [6, 6.07) is 12.2.